The van der Waals surface area contributed by atoms with Crippen LogP contribution in [-0.4, -0.2) is 28.4 Å². The molecule has 1 aromatic carbocycles. The molecule has 1 atom stereocenters. The lowest BCUT2D eigenvalue weighted by Gasteiger charge is -2.16. The largest absolute Gasteiger partial charge is 0.480 e. The number of fused-ring (bicyclic) bond motifs is 1. The molecule has 3 N–H and O–H groups in total. The number of carboxylic acid groups (broad SMARTS) is 1. The summed E-state index contributed by atoms with van der Waals surface area (Å²) in [6.07, 6.45) is -2.36. The predicted molar refractivity (Wildman–Crippen MR) is 61.5 cm³/mol. The van der Waals surface area contributed by atoms with Gasteiger partial charge in [0.25, 0.3) is 0 Å². The lowest BCUT2D eigenvalue weighted by molar-refractivity contribution is -0.174. The highest BCUT2D eigenvalue weighted by Gasteiger charge is 2.34. The molecule has 1 aromatic heterocycles. The Hall–Kier alpha value is -2.02. The molecule has 19 heavy (non-hydrogen) atoms. The van der Waals surface area contributed by atoms with Gasteiger partial charge in [-0.1, -0.05) is 18.2 Å². The molecule has 0 fully saturated rings. The Morgan fingerprint density at radius 3 is 2.74 bits per heavy atom. The first-order chi connectivity index (χ1) is 8.87. The van der Waals surface area contributed by atoms with Crippen LogP contribution in [0.3, 0.4) is 0 Å². The van der Waals surface area contributed by atoms with Gasteiger partial charge in [0.15, 0.2) is 0 Å². The number of carboxylic acids is 1. The van der Waals surface area contributed by atoms with E-state index in [0.29, 0.717) is 16.5 Å². The van der Waals surface area contributed by atoms with Gasteiger partial charge in [-0.15, -0.1) is 0 Å². The van der Waals surface area contributed by atoms with Crippen LogP contribution in [0.1, 0.15) is 5.56 Å². The first-order valence-corrected chi connectivity index (χ1v) is 5.41. The van der Waals surface area contributed by atoms with Crippen molar-refractivity contribution >= 4 is 16.9 Å². The molecule has 1 radical (unpaired) electrons. The molecule has 4 nitrogen and oxygen atoms in total. The van der Waals surface area contributed by atoms with Crippen molar-refractivity contribution < 1.29 is 23.1 Å². The molecule has 0 aliphatic rings. The Kier molecular flexibility index (Phi) is 3.48. The number of H-pyrrole nitrogens is 1. The molecule has 1 unspecified atom stereocenters. The van der Waals surface area contributed by atoms with E-state index in [2.05, 4.69) is 11.2 Å². The molecule has 0 amide bonds. The minimum atomic E-state index is -4.74. The standard InChI is InChI=1S/C12H10F3N2O2/c13-12(14,15)17-10(11(18)19)5-7-6-16-9-4-2-1-3-8(7)9/h1-4,10,16-17H,5H2,(H,18,19). The Morgan fingerprint density at radius 2 is 2.11 bits per heavy atom. The fraction of sp³-hybridized carbons (Fsp3) is 0.250. The highest BCUT2D eigenvalue weighted by Crippen LogP contribution is 2.20. The van der Waals surface area contributed by atoms with Crippen LogP contribution >= 0.6 is 0 Å². The number of halogens is 3. The highest BCUT2D eigenvalue weighted by atomic mass is 19.4. The van der Waals surface area contributed by atoms with Crippen LogP contribution in [0, 0.1) is 6.20 Å². The van der Waals surface area contributed by atoms with Gasteiger partial charge in [-0.2, -0.15) is 13.2 Å². The van der Waals surface area contributed by atoms with Crippen LogP contribution in [0.25, 0.3) is 10.9 Å². The van der Waals surface area contributed by atoms with Gasteiger partial charge in [0.05, 0.1) is 6.20 Å². The van der Waals surface area contributed by atoms with Crippen LogP contribution in [0.4, 0.5) is 13.2 Å². The third kappa shape index (κ3) is 3.25. The minimum Gasteiger partial charge on any atom is -0.480 e. The monoisotopic (exact) mass is 271 g/mol. The second kappa shape index (κ2) is 4.93. The van der Waals surface area contributed by atoms with E-state index in [-0.39, 0.29) is 6.42 Å². The first kappa shape index (κ1) is 13.4. The average molecular weight is 271 g/mol. The number of rotatable bonds is 4. The Bertz CT molecular complexity index is 592. The number of aliphatic carboxylic acids is 1. The SMILES string of the molecule is O=C(O)C(Cc1[c][nH]c2ccccc12)NC(F)(F)F. The summed E-state index contributed by atoms with van der Waals surface area (Å²) in [5.74, 6) is -1.56. The van der Waals surface area contributed by atoms with Crippen molar-refractivity contribution in [3.05, 3.63) is 36.0 Å². The summed E-state index contributed by atoms with van der Waals surface area (Å²) in [6, 6.07) is 5.18. The lowest BCUT2D eigenvalue weighted by atomic mass is 10.1. The van der Waals surface area contributed by atoms with Crippen molar-refractivity contribution in [1.29, 1.82) is 0 Å². The predicted octanol–water partition coefficient (Wildman–Crippen LogP) is 2.07. The molecular formula is C12H10F3N2O2. The van der Waals surface area contributed by atoms with Gasteiger partial charge < -0.3 is 10.1 Å². The molecule has 1 heterocycles. The van der Waals surface area contributed by atoms with Gasteiger partial charge in [-0.3, -0.25) is 4.79 Å². The van der Waals surface area contributed by atoms with Crippen molar-refractivity contribution in [3.8, 4) is 0 Å². The van der Waals surface area contributed by atoms with Crippen molar-refractivity contribution in [2.75, 3.05) is 0 Å². The van der Waals surface area contributed by atoms with Gasteiger partial charge in [-0.05, 0) is 11.6 Å². The van der Waals surface area contributed by atoms with Crippen molar-refractivity contribution in [3.63, 3.8) is 0 Å². The molecular weight excluding hydrogens is 261 g/mol. The van der Waals surface area contributed by atoms with Crippen molar-refractivity contribution in [1.82, 2.24) is 10.3 Å². The van der Waals surface area contributed by atoms with Crippen LogP contribution in [0.15, 0.2) is 24.3 Å². The Labute approximate surface area is 106 Å². The van der Waals surface area contributed by atoms with Gasteiger partial charge in [0, 0.05) is 17.3 Å². The van der Waals surface area contributed by atoms with Gasteiger partial charge >= 0.3 is 12.3 Å². The summed E-state index contributed by atoms with van der Waals surface area (Å²) in [4.78, 5) is 13.6. The fourth-order valence-corrected chi connectivity index (χ4v) is 1.83. The summed E-state index contributed by atoms with van der Waals surface area (Å²) in [6.45, 7) is 0. The molecule has 101 valence electrons. The summed E-state index contributed by atoms with van der Waals surface area (Å²) >= 11 is 0. The third-order valence-electron chi connectivity index (χ3n) is 2.64. The minimum absolute atomic E-state index is 0.307. The second-order valence-electron chi connectivity index (χ2n) is 4.01. The molecule has 2 aromatic rings. The van der Waals surface area contributed by atoms with E-state index in [1.165, 1.54) is 0 Å². The summed E-state index contributed by atoms with van der Waals surface area (Å²) in [5.41, 5.74) is 1.10. The zero-order valence-electron chi connectivity index (χ0n) is 9.58. The molecule has 2 rings (SSSR count). The highest BCUT2D eigenvalue weighted by molar-refractivity contribution is 5.84. The number of aromatic nitrogens is 1. The molecule has 0 saturated carbocycles. The average Bonchev–Trinajstić information content (AvgIpc) is 2.70. The van der Waals surface area contributed by atoms with Crippen molar-refractivity contribution in [2.45, 2.75) is 18.8 Å². The van der Waals surface area contributed by atoms with E-state index in [0.717, 1.165) is 5.32 Å². The molecule has 0 spiro atoms. The van der Waals surface area contributed by atoms with Crippen molar-refractivity contribution in [2.24, 2.45) is 0 Å². The van der Waals surface area contributed by atoms with Gasteiger partial charge in [-0.25, -0.2) is 5.32 Å². The number of hydrogen-bond donors (Lipinski definition) is 3. The molecule has 0 aliphatic carbocycles. The topological polar surface area (TPSA) is 65.1 Å². The molecule has 7 heteroatoms. The number of hydrogen-bond acceptors (Lipinski definition) is 2. The van der Waals surface area contributed by atoms with E-state index in [1.807, 2.05) is 0 Å². The smallest absolute Gasteiger partial charge is 0.457 e. The summed E-state index contributed by atoms with van der Waals surface area (Å²) < 4.78 is 36.6. The second-order valence-corrected chi connectivity index (χ2v) is 4.01. The zero-order valence-corrected chi connectivity index (χ0v) is 9.58. The van der Waals surface area contributed by atoms with E-state index >= 15 is 0 Å². The van der Waals surface area contributed by atoms with Crippen LogP contribution in [0.2, 0.25) is 0 Å². The molecule has 0 bridgehead atoms. The fourth-order valence-electron chi connectivity index (χ4n) is 1.83. The maximum Gasteiger partial charge on any atom is 0.457 e. The van der Waals surface area contributed by atoms with E-state index < -0.39 is 18.3 Å². The number of benzene rings is 1. The maximum atomic E-state index is 12.2. The normalized spacial score (nSPS) is 13.6. The zero-order chi connectivity index (χ0) is 14.0. The third-order valence-corrected chi connectivity index (χ3v) is 2.64. The summed E-state index contributed by atoms with van der Waals surface area (Å²) in [7, 11) is 0. The maximum absolute atomic E-state index is 12.2. The molecule has 0 aliphatic heterocycles. The van der Waals surface area contributed by atoms with E-state index in [1.54, 1.807) is 24.3 Å². The Balaban J connectivity index is 2.24. The van der Waals surface area contributed by atoms with Gasteiger partial charge in [0.2, 0.25) is 0 Å². The van der Waals surface area contributed by atoms with Crippen LogP contribution < -0.4 is 5.32 Å². The van der Waals surface area contributed by atoms with Gasteiger partial charge in [0.1, 0.15) is 6.04 Å². The van der Waals surface area contributed by atoms with E-state index in [4.69, 9.17) is 5.11 Å². The van der Waals surface area contributed by atoms with Crippen LogP contribution in [-0.2, 0) is 11.2 Å². The number of alkyl halides is 3. The molecule has 0 saturated heterocycles. The van der Waals surface area contributed by atoms with Crippen LogP contribution in [0.5, 0.6) is 0 Å². The lowest BCUT2D eigenvalue weighted by Crippen LogP contribution is -2.46. The first-order valence-electron chi connectivity index (χ1n) is 5.41. The number of carbonyl (C=O) groups is 1. The summed E-state index contributed by atoms with van der Waals surface area (Å²) in [5, 5.41) is 10.6. The van der Waals surface area contributed by atoms with E-state index in [9.17, 15) is 18.0 Å². The Morgan fingerprint density at radius 1 is 1.42 bits per heavy atom. The number of nitrogens with one attached hydrogen (secondary N) is 2. The number of aromatic amines is 1. The number of para-hydroxylation sites is 1. The quantitative estimate of drug-likeness (QED) is 0.746.